The van der Waals surface area contributed by atoms with Crippen molar-refractivity contribution in [2.24, 2.45) is 28.1 Å². The molecule has 0 aromatic rings. The molecule has 10 N–H and O–H groups in total. The number of rotatable bonds is 14. The fourth-order valence-electron chi connectivity index (χ4n) is 2.43. The number of aliphatic carboxylic acids is 2. The van der Waals surface area contributed by atoms with Gasteiger partial charge in [0.05, 0.1) is 6.04 Å². The third-order valence-electron chi connectivity index (χ3n) is 3.91. The number of amides is 2. The van der Waals surface area contributed by atoms with E-state index in [1.807, 2.05) is 13.8 Å². The fraction of sp³-hybridized carbons (Fsp3) is 0.706. The van der Waals surface area contributed by atoms with Crippen LogP contribution in [0, 0.1) is 5.92 Å². The molecular weight excluding hydrogens is 384 g/mol. The molecule has 0 spiro atoms. The van der Waals surface area contributed by atoms with E-state index in [0.717, 1.165) is 0 Å². The Bertz CT molecular complexity index is 605. The molecule has 12 heteroatoms. The summed E-state index contributed by atoms with van der Waals surface area (Å²) in [4.78, 5) is 50.6. The lowest BCUT2D eigenvalue weighted by atomic mass is 10.0. The highest BCUT2D eigenvalue weighted by Crippen LogP contribution is 2.07. The van der Waals surface area contributed by atoms with Gasteiger partial charge < -0.3 is 38.0 Å². The lowest BCUT2D eigenvalue weighted by molar-refractivity contribution is -0.142. The summed E-state index contributed by atoms with van der Waals surface area (Å²) in [5.41, 5.74) is 16.2. The smallest absolute Gasteiger partial charge is 0.326 e. The Morgan fingerprint density at radius 3 is 2.03 bits per heavy atom. The largest absolute Gasteiger partial charge is 0.481 e. The van der Waals surface area contributed by atoms with Crippen LogP contribution in [0.2, 0.25) is 0 Å². The van der Waals surface area contributed by atoms with Crippen LogP contribution >= 0.6 is 0 Å². The lowest BCUT2D eigenvalue weighted by Crippen LogP contribution is -2.54. The zero-order valence-electron chi connectivity index (χ0n) is 16.8. The summed E-state index contributed by atoms with van der Waals surface area (Å²) in [6.45, 7) is 3.84. The van der Waals surface area contributed by atoms with E-state index >= 15 is 0 Å². The van der Waals surface area contributed by atoms with Crippen molar-refractivity contribution in [2.75, 3.05) is 6.54 Å². The van der Waals surface area contributed by atoms with Crippen LogP contribution in [0.15, 0.2) is 4.99 Å². The van der Waals surface area contributed by atoms with Gasteiger partial charge in [0.1, 0.15) is 12.1 Å². The van der Waals surface area contributed by atoms with Gasteiger partial charge in [0.25, 0.3) is 0 Å². The summed E-state index contributed by atoms with van der Waals surface area (Å²) in [5, 5.41) is 22.9. The first-order valence-corrected chi connectivity index (χ1v) is 9.30. The number of carbonyl (C=O) groups excluding carboxylic acids is 2. The molecule has 0 aromatic carbocycles. The van der Waals surface area contributed by atoms with Crippen LogP contribution in [0.5, 0.6) is 0 Å². The summed E-state index contributed by atoms with van der Waals surface area (Å²) in [6, 6.07) is -3.30. The van der Waals surface area contributed by atoms with Gasteiger partial charge >= 0.3 is 11.9 Å². The molecule has 2 amide bonds. The number of carboxylic acid groups (broad SMARTS) is 2. The van der Waals surface area contributed by atoms with E-state index in [9.17, 15) is 24.3 Å². The number of nitrogens with two attached hydrogens (primary N) is 3. The van der Waals surface area contributed by atoms with Crippen molar-refractivity contribution in [1.82, 2.24) is 10.6 Å². The van der Waals surface area contributed by atoms with Gasteiger partial charge in [0.2, 0.25) is 11.8 Å². The maximum Gasteiger partial charge on any atom is 0.326 e. The Morgan fingerprint density at radius 2 is 1.55 bits per heavy atom. The van der Waals surface area contributed by atoms with E-state index in [0.29, 0.717) is 6.42 Å². The second-order valence-electron chi connectivity index (χ2n) is 7.08. The summed E-state index contributed by atoms with van der Waals surface area (Å²) < 4.78 is 0. The predicted molar refractivity (Wildman–Crippen MR) is 106 cm³/mol. The van der Waals surface area contributed by atoms with E-state index < -0.39 is 41.9 Å². The Kier molecular flexibility index (Phi) is 12.0. The van der Waals surface area contributed by atoms with Crippen LogP contribution in [0.3, 0.4) is 0 Å². The Balaban J connectivity index is 5.11. The second kappa shape index (κ2) is 13.3. The molecule has 0 aliphatic carbocycles. The highest BCUT2D eigenvalue weighted by molar-refractivity contribution is 5.91. The summed E-state index contributed by atoms with van der Waals surface area (Å²) in [5.74, 6) is -3.76. The van der Waals surface area contributed by atoms with Crippen LogP contribution in [-0.2, 0) is 19.2 Å². The molecule has 0 rings (SSSR count). The average molecular weight is 416 g/mol. The van der Waals surface area contributed by atoms with Crippen molar-refractivity contribution in [3.8, 4) is 0 Å². The highest BCUT2D eigenvalue weighted by Gasteiger charge is 2.28. The number of carboxylic acids is 2. The van der Waals surface area contributed by atoms with Crippen LogP contribution < -0.4 is 27.8 Å². The molecular formula is C17H32N6O6. The third kappa shape index (κ3) is 12.2. The van der Waals surface area contributed by atoms with E-state index in [4.69, 9.17) is 22.3 Å². The molecule has 0 aliphatic heterocycles. The molecule has 0 saturated carbocycles. The molecule has 3 atom stereocenters. The Morgan fingerprint density at radius 1 is 0.966 bits per heavy atom. The van der Waals surface area contributed by atoms with E-state index in [1.54, 1.807) is 0 Å². The minimum atomic E-state index is -1.18. The van der Waals surface area contributed by atoms with Gasteiger partial charge in [-0.15, -0.1) is 0 Å². The Hall–Kier alpha value is -2.89. The van der Waals surface area contributed by atoms with Gasteiger partial charge in [-0.1, -0.05) is 13.8 Å². The number of nitrogens with zero attached hydrogens (tertiary/aromatic N) is 1. The Labute approximate surface area is 169 Å². The molecule has 0 fully saturated rings. The minimum absolute atomic E-state index is 0.0238. The topological polar surface area (TPSA) is 223 Å². The first-order valence-electron chi connectivity index (χ1n) is 9.30. The molecule has 0 aromatic heterocycles. The monoisotopic (exact) mass is 416 g/mol. The third-order valence-corrected chi connectivity index (χ3v) is 3.91. The van der Waals surface area contributed by atoms with Gasteiger partial charge in [0, 0.05) is 13.0 Å². The van der Waals surface area contributed by atoms with Gasteiger partial charge in [0.15, 0.2) is 5.96 Å². The zero-order valence-corrected chi connectivity index (χ0v) is 16.8. The van der Waals surface area contributed by atoms with Gasteiger partial charge in [-0.25, -0.2) is 4.79 Å². The maximum atomic E-state index is 12.6. The summed E-state index contributed by atoms with van der Waals surface area (Å²) in [7, 11) is 0. The number of carbonyl (C=O) groups is 4. The highest BCUT2D eigenvalue weighted by atomic mass is 16.4. The summed E-state index contributed by atoms with van der Waals surface area (Å²) >= 11 is 0. The van der Waals surface area contributed by atoms with E-state index in [1.165, 1.54) is 0 Å². The maximum absolute atomic E-state index is 12.6. The molecule has 29 heavy (non-hydrogen) atoms. The van der Waals surface area contributed by atoms with Crippen molar-refractivity contribution < 1.29 is 29.4 Å². The molecule has 0 unspecified atom stereocenters. The van der Waals surface area contributed by atoms with Crippen LogP contribution in [-0.4, -0.2) is 64.6 Å². The normalized spacial score (nSPS) is 13.8. The molecule has 0 bridgehead atoms. The number of guanidine groups is 1. The van der Waals surface area contributed by atoms with Gasteiger partial charge in [-0.3, -0.25) is 19.4 Å². The van der Waals surface area contributed by atoms with Crippen molar-refractivity contribution in [3.05, 3.63) is 0 Å². The number of aliphatic imine (C=N–C) groups is 1. The number of hydrogen-bond acceptors (Lipinski definition) is 6. The molecule has 0 heterocycles. The molecule has 0 radical (unpaired) electrons. The lowest BCUT2D eigenvalue weighted by Gasteiger charge is -2.23. The van der Waals surface area contributed by atoms with Gasteiger partial charge in [-0.05, 0) is 31.6 Å². The number of hydrogen-bond donors (Lipinski definition) is 7. The van der Waals surface area contributed by atoms with Crippen molar-refractivity contribution in [2.45, 2.75) is 64.1 Å². The quantitative estimate of drug-likeness (QED) is 0.0975. The number of nitrogens with one attached hydrogen (secondary N) is 2. The van der Waals surface area contributed by atoms with Crippen molar-refractivity contribution in [3.63, 3.8) is 0 Å². The SMILES string of the molecule is CC(C)C[C@H](NC(=O)[C@H](CCCN=C(N)N)NC(=O)[C@@H](N)CCC(=O)O)C(=O)O. The van der Waals surface area contributed by atoms with Crippen LogP contribution in [0.4, 0.5) is 0 Å². The van der Waals surface area contributed by atoms with Crippen molar-refractivity contribution >= 4 is 29.7 Å². The fourth-order valence-corrected chi connectivity index (χ4v) is 2.43. The summed E-state index contributed by atoms with van der Waals surface area (Å²) in [6.07, 6.45) is 0.282. The molecule has 166 valence electrons. The minimum Gasteiger partial charge on any atom is -0.481 e. The van der Waals surface area contributed by atoms with Crippen molar-refractivity contribution in [1.29, 1.82) is 0 Å². The van der Waals surface area contributed by atoms with Crippen LogP contribution in [0.25, 0.3) is 0 Å². The second-order valence-corrected chi connectivity index (χ2v) is 7.08. The molecule has 0 saturated heterocycles. The zero-order chi connectivity index (χ0) is 22.6. The van der Waals surface area contributed by atoms with E-state index in [-0.39, 0.29) is 44.1 Å². The first kappa shape index (κ1) is 26.1. The average Bonchev–Trinajstić information content (AvgIpc) is 2.60. The van der Waals surface area contributed by atoms with Crippen LogP contribution in [0.1, 0.15) is 46.0 Å². The predicted octanol–water partition coefficient (Wildman–Crippen LogP) is -1.67. The van der Waals surface area contributed by atoms with Gasteiger partial charge in [-0.2, -0.15) is 0 Å². The standard InChI is InChI=1S/C17H32N6O6/c1-9(2)8-12(16(28)29)23-15(27)11(4-3-7-21-17(19)20)22-14(26)10(18)5-6-13(24)25/h9-12H,3-8,18H2,1-2H3,(H,22,26)(H,23,27)(H,24,25)(H,28,29)(H4,19,20,21)/t10-,11-,12-/m0/s1. The first-order chi connectivity index (χ1) is 13.4. The van der Waals surface area contributed by atoms with E-state index in [2.05, 4.69) is 15.6 Å². The molecule has 0 aliphatic rings. The molecule has 12 nitrogen and oxygen atoms in total.